The Morgan fingerprint density at radius 2 is 1.22 bits per heavy atom. The molecule has 188 valence electrons. The zero-order valence-corrected chi connectivity index (χ0v) is 23.6. The number of hydrogen-bond acceptors (Lipinski definition) is 4. The highest BCUT2D eigenvalue weighted by molar-refractivity contribution is 6.38. The third kappa shape index (κ3) is 6.15. The van der Waals surface area contributed by atoms with Crippen molar-refractivity contribution in [2.24, 2.45) is 9.98 Å². The molecule has 0 aliphatic heterocycles. The fraction of sp³-hybridized carbons (Fsp3) is 0.276. The first-order valence-corrected chi connectivity index (χ1v) is 12.4. The maximum Gasteiger partial charge on any atom is 0.259 e. The molecule has 0 spiro atoms. The molecular weight excluding hydrogens is 491 g/mol. The molecule has 0 saturated carbocycles. The number of anilines is 3. The Kier molecular flexibility index (Phi) is 8.59. The van der Waals surface area contributed by atoms with Crippen molar-refractivity contribution in [3.63, 3.8) is 0 Å². The number of carbonyl (C=O) groups excluding carboxylic acids is 1. The summed E-state index contributed by atoms with van der Waals surface area (Å²) in [5.74, 6) is -0.242. The lowest BCUT2D eigenvalue weighted by atomic mass is 10.1. The lowest BCUT2D eigenvalue weighted by Gasteiger charge is -2.24. The summed E-state index contributed by atoms with van der Waals surface area (Å²) in [6.07, 6.45) is 0. The summed E-state index contributed by atoms with van der Waals surface area (Å²) in [6.45, 7) is 11.8. The summed E-state index contributed by atoms with van der Waals surface area (Å²) in [5.41, 5.74) is 8.39. The van der Waals surface area contributed by atoms with E-state index in [2.05, 4.69) is 9.98 Å². The lowest BCUT2D eigenvalue weighted by Crippen LogP contribution is -2.27. The van der Waals surface area contributed by atoms with Gasteiger partial charge < -0.3 is 9.80 Å². The van der Waals surface area contributed by atoms with Crippen molar-refractivity contribution in [3.8, 4) is 0 Å². The number of carbonyl (C=O) groups is 1. The molecule has 0 heterocycles. The van der Waals surface area contributed by atoms with Crippen LogP contribution < -0.4 is 9.80 Å². The van der Waals surface area contributed by atoms with Gasteiger partial charge in [0.2, 0.25) is 0 Å². The lowest BCUT2D eigenvalue weighted by molar-refractivity contribution is 0.0993. The van der Waals surface area contributed by atoms with Crippen molar-refractivity contribution in [1.29, 1.82) is 0 Å². The number of hydrogen-bond donors (Lipinski definition) is 0. The van der Waals surface area contributed by atoms with Crippen LogP contribution >= 0.6 is 23.2 Å². The molecule has 0 unspecified atom stereocenters. The highest BCUT2D eigenvalue weighted by atomic mass is 35.5. The first-order valence-electron chi connectivity index (χ1n) is 11.6. The fourth-order valence-corrected chi connectivity index (χ4v) is 4.32. The summed E-state index contributed by atoms with van der Waals surface area (Å²) in [6, 6.07) is 15.1. The van der Waals surface area contributed by atoms with Crippen LogP contribution in [0.1, 0.15) is 49.2 Å². The number of benzene rings is 3. The number of halogens is 2. The molecule has 36 heavy (non-hydrogen) atoms. The van der Waals surface area contributed by atoms with E-state index < -0.39 is 0 Å². The van der Waals surface area contributed by atoms with Gasteiger partial charge in [-0.1, -0.05) is 35.3 Å². The molecular formula is C29H32Cl2N4O. The van der Waals surface area contributed by atoms with Crippen molar-refractivity contribution in [2.45, 2.75) is 41.5 Å². The van der Waals surface area contributed by atoms with Crippen molar-refractivity contribution in [1.82, 2.24) is 0 Å². The first-order chi connectivity index (χ1) is 16.9. The van der Waals surface area contributed by atoms with Gasteiger partial charge in [-0.05, 0) is 89.1 Å². The first kappa shape index (κ1) is 27.4. The van der Waals surface area contributed by atoms with Gasteiger partial charge in [0.1, 0.15) is 0 Å². The monoisotopic (exact) mass is 522 g/mol. The van der Waals surface area contributed by atoms with Gasteiger partial charge in [0.05, 0.1) is 32.7 Å². The number of aliphatic imine (C=N–C) groups is 2. The van der Waals surface area contributed by atoms with Gasteiger partial charge in [0.15, 0.2) is 0 Å². The number of rotatable bonds is 6. The van der Waals surface area contributed by atoms with Crippen LogP contribution in [0.15, 0.2) is 58.5 Å². The number of amides is 1. The molecule has 0 aliphatic carbocycles. The van der Waals surface area contributed by atoms with Crippen LogP contribution in [0, 0.1) is 13.8 Å². The maximum atomic E-state index is 13.6. The predicted octanol–water partition coefficient (Wildman–Crippen LogP) is 8.88. The largest absolute Gasteiger partial charge is 0.343 e. The molecule has 5 nitrogen and oxygen atoms in total. The van der Waals surface area contributed by atoms with E-state index in [4.69, 9.17) is 23.2 Å². The van der Waals surface area contributed by atoms with E-state index >= 15 is 0 Å². The van der Waals surface area contributed by atoms with Gasteiger partial charge in [0.25, 0.3) is 5.91 Å². The SMILES string of the molecule is CC(C)=Nc1cc(N(C)C(=O)c2cc(N(C)c3ccc(C)c(N=C(C)C)c3)c(Cl)cc2Cl)ccc1C. The van der Waals surface area contributed by atoms with E-state index in [9.17, 15) is 4.79 Å². The van der Waals surface area contributed by atoms with Crippen LogP contribution in [-0.4, -0.2) is 31.4 Å². The van der Waals surface area contributed by atoms with Crippen molar-refractivity contribution in [3.05, 3.63) is 75.3 Å². The van der Waals surface area contributed by atoms with Gasteiger partial charge in [-0.3, -0.25) is 14.8 Å². The minimum absolute atomic E-state index is 0.242. The molecule has 0 saturated heterocycles. The summed E-state index contributed by atoms with van der Waals surface area (Å²) in [7, 11) is 3.63. The van der Waals surface area contributed by atoms with Gasteiger partial charge in [-0.15, -0.1) is 0 Å². The quantitative estimate of drug-likeness (QED) is 0.303. The van der Waals surface area contributed by atoms with E-state index in [0.717, 1.165) is 45.3 Å². The molecule has 0 radical (unpaired) electrons. The van der Waals surface area contributed by atoms with Gasteiger partial charge in [0, 0.05) is 36.9 Å². The highest BCUT2D eigenvalue weighted by Gasteiger charge is 2.21. The Bertz CT molecular complexity index is 1370. The van der Waals surface area contributed by atoms with Crippen LogP contribution in [0.4, 0.5) is 28.4 Å². The number of aryl methyl sites for hydroxylation is 2. The minimum Gasteiger partial charge on any atom is -0.343 e. The Morgan fingerprint density at radius 1 is 0.722 bits per heavy atom. The molecule has 0 N–H and O–H groups in total. The topological polar surface area (TPSA) is 48.3 Å². The highest BCUT2D eigenvalue weighted by Crippen LogP contribution is 2.37. The Hall–Kier alpha value is -3.15. The Balaban J connectivity index is 2.01. The molecule has 0 aromatic heterocycles. The van der Waals surface area contributed by atoms with Crippen molar-refractivity contribution < 1.29 is 4.79 Å². The summed E-state index contributed by atoms with van der Waals surface area (Å²) in [5, 5.41) is 0.740. The minimum atomic E-state index is -0.242. The smallest absolute Gasteiger partial charge is 0.259 e. The van der Waals surface area contributed by atoms with Crippen LogP contribution in [-0.2, 0) is 0 Å². The molecule has 0 aliphatic rings. The Labute approximate surface area is 224 Å². The third-order valence-electron chi connectivity index (χ3n) is 5.78. The second-order valence-corrected chi connectivity index (χ2v) is 10.1. The van der Waals surface area contributed by atoms with Crippen molar-refractivity contribution in [2.75, 3.05) is 23.9 Å². The zero-order chi connectivity index (χ0) is 26.7. The summed E-state index contributed by atoms with van der Waals surface area (Å²) >= 11 is 13.1. The third-order valence-corrected chi connectivity index (χ3v) is 6.40. The molecule has 0 fully saturated rings. The van der Waals surface area contributed by atoms with Crippen LogP contribution in [0.2, 0.25) is 10.0 Å². The predicted molar refractivity (Wildman–Crippen MR) is 157 cm³/mol. The van der Waals surface area contributed by atoms with Crippen LogP contribution in [0.5, 0.6) is 0 Å². The molecule has 0 atom stereocenters. The second kappa shape index (κ2) is 11.3. The van der Waals surface area contributed by atoms with Gasteiger partial charge in [-0.25, -0.2) is 0 Å². The van der Waals surface area contributed by atoms with Crippen molar-refractivity contribution >= 4 is 69.0 Å². The molecule has 3 rings (SSSR count). The summed E-state index contributed by atoms with van der Waals surface area (Å²) < 4.78 is 0. The van der Waals surface area contributed by atoms with E-state index in [0.29, 0.717) is 21.3 Å². The van der Waals surface area contributed by atoms with Crippen LogP contribution in [0.25, 0.3) is 0 Å². The van der Waals surface area contributed by atoms with Crippen LogP contribution in [0.3, 0.4) is 0 Å². The van der Waals surface area contributed by atoms with E-state index in [1.165, 1.54) is 0 Å². The Morgan fingerprint density at radius 3 is 1.75 bits per heavy atom. The van der Waals surface area contributed by atoms with E-state index in [1.54, 1.807) is 24.1 Å². The van der Waals surface area contributed by atoms with Gasteiger partial charge >= 0.3 is 0 Å². The molecule has 3 aromatic rings. The summed E-state index contributed by atoms with van der Waals surface area (Å²) in [4.78, 5) is 26.3. The fourth-order valence-electron chi connectivity index (χ4n) is 3.73. The zero-order valence-electron chi connectivity index (χ0n) is 22.1. The molecule has 3 aromatic carbocycles. The van der Waals surface area contributed by atoms with E-state index in [1.807, 2.05) is 89.9 Å². The van der Waals surface area contributed by atoms with Gasteiger partial charge in [-0.2, -0.15) is 0 Å². The number of nitrogens with zero attached hydrogens (tertiary/aromatic N) is 4. The van der Waals surface area contributed by atoms with E-state index in [-0.39, 0.29) is 5.91 Å². The molecule has 0 bridgehead atoms. The standard InChI is InChI=1S/C29H32Cl2N4O/c1-17(2)32-26-13-21(11-9-19(26)5)34(7)28-15-23(24(30)16-25(28)31)29(36)35(8)22-12-10-20(6)27(14-22)33-18(3)4/h9-16H,1-8H3. The maximum absolute atomic E-state index is 13.6. The molecule has 7 heteroatoms. The average molecular weight is 524 g/mol. The molecule has 1 amide bonds. The second-order valence-electron chi connectivity index (χ2n) is 9.27. The normalized spacial score (nSPS) is 10.6. The average Bonchev–Trinajstić information content (AvgIpc) is 2.80.